The Morgan fingerprint density at radius 3 is 1.89 bits per heavy atom. The van der Waals surface area contributed by atoms with Gasteiger partial charge in [-0.3, -0.25) is 0 Å². The van der Waals surface area contributed by atoms with Crippen molar-refractivity contribution in [2.45, 2.75) is 159 Å². The van der Waals surface area contributed by atoms with E-state index < -0.39 is 0 Å². The van der Waals surface area contributed by atoms with E-state index in [1.54, 1.807) is 0 Å². The molecule has 1 aliphatic rings. The van der Waals surface area contributed by atoms with Crippen molar-refractivity contribution in [2.24, 2.45) is 0 Å². The van der Waals surface area contributed by atoms with E-state index >= 15 is 0 Å². The number of allylic oxidation sites excluding steroid dienone is 2. The molecule has 0 aliphatic carbocycles. The van der Waals surface area contributed by atoms with Crippen molar-refractivity contribution in [2.75, 3.05) is 20.1 Å². The standard InChI is InChI=1S/C22H28.C7H15N.C7H17N.C5H10.C2H6/c1-7-22(6,16(2)3)21-13-12-20(14-18(21)5)15-19-10-8-17(4)9-11-19;1-7-5-3-4-6-8(7)2;1-4-6-8-7(3)5-2;1-4-5(2)3;1-2/h8-14H,2,7,15H2,1,3-6H3;7H,3-6H2,1-2H3;7-8H,4-6H2,1-3H3;2,4H2,1,3H3;1-2H3/t22-;;;;/m0..../s1. The van der Waals surface area contributed by atoms with E-state index in [0.717, 1.165) is 31.8 Å². The van der Waals surface area contributed by atoms with Crippen molar-refractivity contribution in [3.05, 3.63) is 94.6 Å². The van der Waals surface area contributed by atoms with Gasteiger partial charge in [0.05, 0.1) is 0 Å². The minimum absolute atomic E-state index is 0.0759. The van der Waals surface area contributed by atoms with Crippen molar-refractivity contribution in [1.29, 1.82) is 0 Å². The molecular weight excluding hydrogens is 544 g/mol. The lowest BCUT2D eigenvalue weighted by atomic mass is 9.73. The lowest BCUT2D eigenvalue weighted by Crippen LogP contribution is -2.33. The number of benzene rings is 2. The van der Waals surface area contributed by atoms with Crippen molar-refractivity contribution >= 4 is 0 Å². The van der Waals surface area contributed by atoms with Crippen LogP contribution in [0.5, 0.6) is 0 Å². The summed E-state index contributed by atoms with van der Waals surface area (Å²) in [6, 6.07) is 17.3. The summed E-state index contributed by atoms with van der Waals surface area (Å²) in [4.78, 5) is 2.43. The average molecular weight is 621 g/mol. The van der Waals surface area contributed by atoms with Crippen molar-refractivity contribution in [3.63, 3.8) is 0 Å². The van der Waals surface area contributed by atoms with Gasteiger partial charge in [0.2, 0.25) is 0 Å². The fraction of sp³-hybridized carbons (Fsp3) is 0.628. The van der Waals surface area contributed by atoms with Gasteiger partial charge in [-0.05, 0) is 129 Å². The molecule has 2 nitrogen and oxygen atoms in total. The van der Waals surface area contributed by atoms with E-state index in [2.05, 4.69) is 142 Å². The van der Waals surface area contributed by atoms with Gasteiger partial charge in [-0.1, -0.05) is 121 Å². The molecule has 0 saturated carbocycles. The minimum Gasteiger partial charge on any atom is -0.314 e. The van der Waals surface area contributed by atoms with Crippen molar-refractivity contribution < 1.29 is 0 Å². The normalized spacial score (nSPS) is 16.0. The number of aryl methyl sites for hydroxylation is 2. The van der Waals surface area contributed by atoms with Crippen molar-refractivity contribution in [1.82, 2.24) is 10.2 Å². The number of nitrogens with one attached hydrogen (secondary N) is 1. The first-order valence-electron chi connectivity index (χ1n) is 18.1. The van der Waals surface area contributed by atoms with E-state index in [1.807, 2.05) is 20.8 Å². The van der Waals surface area contributed by atoms with E-state index in [9.17, 15) is 0 Å². The lowest BCUT2D eigenvalue weighted by molar-refractivity contribution is 0.200. The highest BCUT2D eigenvalue weighted by Crippen LogP contribution is 2.36. The van der Waals surface area contributed by atoms with Crippen molar-refractivity contribution in [3.8, 4) is 0 Å². The zero-order valence-corrected chi connectivity index (χ0v) is 32.6. The fourth-order valence-corrected chi connectivity index (χ4v) is 4.90. The molecule has 2 aromatic rings. The molecule has 0 bridgehead atoms. The third kappa shape index (κ3) is 19.2. The van der Waals surface area contributed by atoms with Crippen LogP contribution in [0, 0.1) is 13.8 Å². The summed E-state index contributed by atoms with van der Waals surface area (Å²) in [6.45, 7) is 38.4. The predicted molar refractivity (Wildman–Crippen MR) is 208 cm³/mol. The first-order valence-corrected chi connectivity index (χ1v) is 18.1. The Balaban J connectivity index is 0. The number of hydrogen-bond acceptors (Lipinski definition) is 2. The van der Waals surface area contributed by atoms with Crippen LogP contribution in [0.4, 0.5) is 0 Å². The second-order valence-electron chi connectivity index (χ2n) is 13.2. The summed E-state index contributed by atoms with van der Waals surface area (Å²) in [7, 11) is 2.21. The number of piperidine rings is 1. The molecule has 2 heteroatoms. The summed E-state index contributed by atoms with van der Waals surface area (Å²) in [5.41, 5.74) is 9.42. The van der Waals surface area contributed by atoms with Gasteiger partial charge in [-0.25, -0.2) is 0 Å². The van der Waals surface area contributed by atoms with Crippen LogP contribution in [0.15, 0.2) is 66.8 Å². The number of nitrogens with zero attached hydrogens (tertiary/aromatic N) is 1. The maximum absolute atomic E-state index is 4.21. The van der Waals surface area contributed by atoms with Gasteiger partial charge >= 0.3 is 0 Å². The maximum Gasteiger partial charge on any atom is 0.0128 e. The zero-order chi connectivity index (χ0) is 35.0. The third-order valence-corrected chi connectivity index (χ3v) is 9.16. The van der Waals surface area contributed by atoms with Crippen LogP contribution < -0.4 is 5.32 Å². The second kappa shape index (κ2) is 26.0. The topological polar surface area (TPSA) is 15.3 Å². The molecular formula is C43H76N2. The Kier molecular flexibility index (Phi) is 25.9. The molecule has 3 atom stereocenters. The summed E-state index contributed by atoms with van der Waals surface area (Å²) in [5.74, 6) is 0. The van der Waals surface area contributed by atoms with E-state index in [0.29, 0.717) is 6.04 Å². The highest BCUT2D eigenvalue weighted by atomic mass is 15.1. The van der Waals surface area contributed by atoms with Gasteiger partial charge in [0, 0.05) is 17.5 Å². The second-order valence-corrected chi connectivity index (χ2v) is 13.2. The molecule has 1 aliphatic heterocycles. The van der Waals surface area contributed by atoms with Crippen LogP contribution in [-0.2, 0) is 11.8 Å². The summed E-state index contributed by atoms with van der Waals surface area (Å²) in [6.07, 6.45) is 9.91. The Labute approximate surface area is 283 Å². The van der Waals surface area contributed by atoms with Crippen LogP contribution in [0.25, 0.3) is 0 Å². The molecule has 1 saturated heterocycles. The molecule has 0 spiro atoms. The quantitative estimate of drug-likeness (QED) is 0.266. The predicted octanol–water partition coefficient (Wildman–Crippen LogP) is 12.4. The first kappa shape index (κ1) is 45.0. The Morgan fingerprint density at radius 1 is 0.956 bits per heavy atom. The third-order valence-electron chi connectivity index (χ3n) is 9.16. The van der Waals surface area contributed by atoms with Crippen LogP contribution >= 0.6 is 0 Å². The Morgan fingerprint density at radius 2 is 1.51 bits per heavy atom. The number of likely N-dealkylation sites (tertiary alicyclic amines) is 1. The van der Waals surface area contributed by atoms with Gasteiger partial charge in [-0.15, -0.1) is 6.58 Å². The summed E-state index contributed by atoms with van der Waals surface area (Å²) in [5, 5.41) is 3.38. The Bertz CT molecular complexity index is 1020. The Hall–Kier alpha value is -2.16. The molecule has 45 heavy (non-hydrogen) atoms. The highest BCUT2D eigenvalue weighted by Gasteiger charge is 2.27. The fourth-order valence-electron chi connectivity index (χ4n) is 4.90. The summed E-state index contributed by atoms with van der Waals surface area (Å²) >= 11 is 0. The van der Waals surface area contributed by atoms with Crippen LogP contribution in [0.2, 0.25) is 0 Å². The number of rotatable bonds is 10. The molecule has 1 N–H and O–H groups in total. The van der Waals surface area contributed by atoms with Gasteiger partial charge in [0.25, 0.3) is 0 Å². The first-order chi connectivity index (χ1) is 21.2. The van der Waals surface area contributed by atoms with Crippen LogP contribution in [0.1, 0.15) is 149 Å². The van der Waals surface area contributed by atoms with E-state index in [4.69, 9.17) is 0 Å². The summed E-state index contributed by atoms with van der Waals surface area (Å²) < 4.78 is 0. The van der Waals surface area contributed by atoms with Crippen LogP contribution in [-0.4, -0.2) is 37.1 Å². The minimum atomic E-state index is 0.0759. The van der Waals surface area contributed by atoms with E-state index in [1.165, 1.54) is 77.6 Å². The average Bonchev–Trinajstić information content (AvgIpc) is 3.03. The molecule has 0 radical (unpaired) electrons. The molecule has 1 heterocycles. The van der Waals surface area contributed by atoms with Gasteiger partial charge < -0.3 is 10.2 Å². The van der Waals surface area contributed by atoms with Crippen LogP contribution in [0.3, 0.4) is 0 Å². The number of hydrogen-bond donors (Lipinski definition) is 1. The van der Waals surface area contributed by atoms with Gasteiger partial charge in [0.1, 0.15) is 0 Å². The molecule has 3 rings (SSSR count). The molecule has 0 amide bonds. The molecule has 0 aromatic heterocycles. The smallest absolute Gasteiger partial charge is 0.0128 e. The molecule has 2 aromatic carbocycles. The van der Waals surface area contributed by atoms with E-state index in [-0.39, 0.29) is 5.41 Å². The molecule has 2 unspecified atom stereocenters. The molecule has 1 fully saturated rings. The molecule has 258 valence electrons. The largest absolute Gasteiger partial charge is 0.314 e. The van der Waals surface area contributed by atoms with Gasteiger partial charge in [0.15, 0.2) is 0 Å². The highest BCUT2D eigenvalue weighted by molar-refractivity contribution is 5.42. The lowest BCUT2D eigenvalue weighted by Gasteiger charge is -2.31. The zero-order valence-electron chi connectivity index (χ0n) is 32.6. The maximum atomic E-state index is 4.21. The SMILES string of the molecule is C=C(C)CC.C=C(C)[C@](C)(CC)c1ccc(Cc2ccc(C)cc2)cc1C.CC.CC1CCCCN1C.CCCNC(C)CC. The van der Waals surface area contributed by atoms with Gasteiger partial charge in [-0.2, -0.15) is 0 Å². The monoisotopic (exact) mass is 621 g/mol.